The first-order chi connectivity index (χ1) is 18.5. The highest BCUT2D eigenvalue weighted by Gasteiger charge is 2.24. The molecule has 0 unspecified atom stereocenters. The maximum Gasteiger partial charge on any atom is 0.342 e. The van der Waals surface area contributed by atoms with Gasteiger partial charge in [0.2, 0.25) is 0 Å². The molecule has 0 spiro atoms. The molecular formula is C27H28N5O5S+. The number of methoxy groups -OCH3 is 2. The molecule has 1 heterocycles. The molecule has 0 saturated carbocycles. The van der Waals surface area contributed by atoms with Crippen LogP contribution in [-0.4, -0.2) is 54.0 Å². The molecule has 196 valence electrons. The molecule has 0 aliphatic rings. The smallest absolute Gasteiger partial charge is 0.342 e. The quantitative estimate of drug-likeness (QED) is 0.116. The summed E-state index contributed by atoms with van der Waals surface area (Å²) in [6.45, 7) is 2.25. The topological polar surface area (TPSA) is 122 Å². The number of nitrogens with one attached hydrogen (secondary N) is 2. The first kappa shape index (κ1) is 26.6. The lowest BCUT2D eigenvalue weighted by Crippen LogP contribution is -2.34. The van der Waals surface area contributed by atoms with Gasteiger partial charge in [-0.1, -0.05) is 0 Å². The second kappa shape index (κ2) is 12.6. The van der Waals surface area contributed by atoms with Crippen LogP contribution in [0.15, 0.2) is 77.0 Å². The van der Waals surface area contributed by atoms with Gasteiger partial charge >= 0.3 is 5.16 Å². The number of ether oxygens (including phenoxy) is 3. The molecule has 1 amide bonds. The lowest BCUT2D eigenvalue weighted by atomic mass is 10.2. The Morgan fingerprint density at radius 1 is 1.08 bits per heavy atom. The third-order valence-electron chi connectivity index (χ3n) is 5.39. The fourth-order valence-electron chi connectivity index (χ4n) is 3.53. The summed E-state index contributed by atoms with van der Waals surface area (Å²) in [4.78, 5) is 12.5. The molecule has 3 aromatic carbocycles. The van der Waals surface area contributed by atoms with Crippen LogP contribution in [0.1, 0.15) is 12.5 Å². The Morgan fingerprint density at radius 2 is 1.76 bits per heavy atom. The number of nitrogens with zero attached hydrogens (tertiary/aromatic N) is 3. The number of hydrogen-bond donors (Lipinski definition) is 3. The van der Waals surface area contributed by atoms with Crippen LogP contribution in [0.3, 0.4) is 0 Å². The van der Waals surface area contributed by atoms with Crippen molar-refractivity contribution in [3.05, 3.63) is 72.3 Å². The lowest BCUT2D eigenvalue weighted by molar-refractivity contribution is -0.625. The first-order valence-electron chi connectivity index (χ1n) is 11.7. The molecule has 0 atom stereocenters. The van der Waals surface area contributed by atoms with E-state index in [1.807, 2.05) is 60.0 Å². The molecule has 0 aliphatic heterocycles. The summed E-state index contributed by atoms with van der Waals surface area (Å²) in [7, 11) is 3.24. The van der Waals surface area contributed by atoms with Crippen molar-refractivity contribution in [1.29, 1.82) is 0 Å². The van der Waals surface area contributed by atoms with Gasteiger partial charge in [0.05, 0.1) is 43.5 Å². The summed E-state index contributed by atoms with van der Waals surface area (Å²) in [5, 5.41) is 22.0. The maximum absolute atomic E-state index is 12.5. The molecule has 0 saturated heterocycles. The van der Waals surface area contributed by atoms with E-state index in [0.29, 0.717) is 23.1 Å². The largest absolute Gasteiger partial charge is 0.504 e. The average molecular weight is 535 g/mol. The SMILES string of the molecule is CCOc1cc(/C=N/NC(=O)CSc2n[nH]c(-c3ccc(OC)cc3)[n+]2-c2ccc(OC)cc2)ccc1O. The number of carbonyl (C=O) groups is 1. The highest BCUT2D eigenvalue weighted by atomic mass is 32.2. The minimum absolute atomic E-state index is 0.0441. The summed E-state index contributed by atoms with van der Waals surface area (Å²) in [5.74, 6) is 2.41. The van der Waals surface area contributed by atoms with Gasteiger partial charge in [-0.15, -0.1) is 5.10 Å². The molecule has 0 aliphatic carbocycles. The van der Waals surface area contributed by atoms with Gasteiger partial charge in [0.15, 0.2) is 11.5 Å². The number of aromatic amines is 1. The van der Waals surface area contributed by atoms with E-state index in [0.717, 1.165) is 28.6 Å². The van der Waals surface area contributed by atoms with E-state index in [2.05, 4.69) is 20.7 Å². The molecule has 0 radical (unpaired) electrons. The van der Waals surface area contributed by atoms with Gasteiger partial charge in [-0.25, -0.2) is 5.43 Å². The zero-order valence-corrected chi connectivity index (χ0v) is 22.0. The molecule has 38 heavy (non-hydrogen) atoms. The zero-order chi connectivity index (χ0) is 26.9. The van der Waals surface area contributed by atoms with Crippen LogP contribution in [-0.2, 0) is 4.79 Å². The first-order valence-corrected chi connectivity index (χ1v) is 12.7. The number of aromatic nitrogens is 3. The van der Waals surface area contributed by atoms with E-state index in [4.69, 9.17) is 14.2 Å². The summed E-state index contributed by atoms with van der Waals surface area (Å²) in [6.07, 6.45) is 1.48. The molecule has 0 fully saturated rings. The van der Waals surface area contributed by atoms with Gasteiger partial charge in [-0.3, -0.25) is 4.79 Å². The maximum atomic E-state index is 12.5. The van der Waals surface area contributed by atoms with Gasteiger partial charge in [0.25, 0.3) is 11.7 Å². The van der Waals surface area contributed by atoms with Crippen molar-refractivity contribution in [1.82, 2.24) is 15.6 Å². The second-order valence-electron chi connectivity index (χ2n) is 7.86. The van der Waals surface area contributed by atoms with E-state index in [1.54, 1.807) is 26.4 Å². The number of phenolic OH excluding ortho intramolecular Hbond substituents is 1. The van der Waals surface area contributed by atoms with E-state index in [-0.39, 0.29) is 17.4 Å². The van der Waals surface area contributed by atoms with Gasteiger partial charge in [-0.2, -0.15) is 9.67 Å². The normalized spacial score (nSPS) is 10.9. The minimum atomic E-state index is -0.301. The highest BCUT2D eigenvalue weighted by molar-refractivity contribution is 7.99. The van der Waals surface area contributed by atoms with Crippen molar-refractivity contribution < 1.29 is 28.7 Å². The van der Waals surface area contributed by atoms with E-state index < -0.39 is 0 Å². The Balaban J connectivity index is 1.49. The Hall–Kier alpha value is -4.51. The van der Waals surface area contributed by atoms with Crippen molar-refractivity contribution in [2.45, 2.75) is 12.1 Å². The van der Waals surface area contributed by atoms with Crippen LogP contribution in [0.5, 0.6) is 23.0 Å². The summed E-state index contributed by atoms with van der Waals surface area (Å²) in [5.41, 5.74) is 4.94. The third-order valence-corrected chi connectivity index (χ3v) is 6.32. The Labute approximate surface area is 224 Å². The number of aromatic hydroxyl groups is 1. The monoisotopic (exact) mass is 534 g/mol. The van der Waals surface area contributed by atoms with Crippen LogP contribution in [0, 0.1) is 0 Å². The van der Waals surface area contributed by atoms with Crippen LogP contribution >= 0.6 is 11.8 Å². The number of carbonyl (C=O) groups excluding carboxylic acids is 1. The van der Waals surface area contributed by atoms with Crippen LogP contribution in [0.2, 0.25) is 0 Å². The zero-order valence-electron chi connectivity index (χ0n) is 21.2. The molecule has 4 rings (SSSR count). The number of thioether (sulfide) groups is 1. The fourth-order valence-corrected chi connectivity index (χ4v) is 4.29. The Bertz CT molecular complexity index is 1400. The molecular weight excluding hydrogens is 506 g/mol. The number of hydrogen-bond acceptors (Lipinski definition) is 8. The minimum Gasteiger partial charge on any atom is -0.504 e. The van der Waals surface area contributed by atoms with E-state index in [1.165, 1.54) is 24.0 Å². The lowest BCUT2D eigenvalue weighted by Gasteiger charge is -2.06. The van der Waals surface area contributed by atoms with Gasteiger partial charge in [-0.05, 0) is 91.0 Å². The number of rotatable bonds is 11. The summed E-state index contributed by atoms with van der Waals surface area (Å²) < 4.78 is 17.9. The predicted octanol–water partition coefficient (Wildman–Crippen LogP) is 3.72. The second-order valence-corrected chi connectivity index (χ2v) is 8.80. The van der Waals surface area contributed by atoms with E-state index in [9.17, 15) is 9.90 Å². The van der Waals surface area contributed by atoms with Crippen molar-refractivity contribution in [2.24, 2.45) is 5.10 Å². The van der Waals surface area contributed by atoms with Crippen LogP contribution in [0.4, 0.5) is 0 Å². The van der Waals surface area contributed by atoms with Gasteiger partial charge in [0.1, 0.15) is 17.2 Å². The molecule has 10 nitrogen and oxygen atoms in total. The Kier molecular flexibility index (Phi) is 8.83. The van der Waals surface area contributed by atoms with Gasteiger partial charge < -0.3 is 19.3 Å². The van der Waals surface area contributed by atoms with Crippen LogP contribution < -0.4 is 24.2 Å². The van der Waals surface area contributed by atoms with Gasteiger partial charge in [0, 0.05) is 0 Å². The number of phenols is 1. The van der Waals surface area contributed by atoms with E-state index >= 15 is 0 Å². The van der Waals surface area contributed by atoms with Crippen molar-refractivity contribution in [3.8, 4) is 40.1 Å². The van der Waals surface area contributed by atoms with Crippen molar-refractivity contribution in [2.75, 3.05) is 26.6 Å². The molecule has 0 bridgehead atoms. The number of benzene rings is 3. The number of hydrazone groups is 1. The Morgan fingerprint density at radius 3 is 2.42 bits per heavy atom. The third kappa shape index (κ3) is 6.43. The number of H-pyrrole nitrogens is 1. The molecule has 3 N–H and O–H groups in total. The number of amides is 1. The summed E-state index contributed by atoms with van der Waals surface area (Å²) in [6, 6.07) is 20.0. The van der Waals surface area contributed by atoms with Crippen molar-refractivity contribution >= 4 is 23.9 Å². The molecule has 11 heteroatoms. The van der Waals surface area contributed by atoms with Crippen molar-refractivity contribution in [3.63, 3.8) is 0 Å². The summed E-state index contributed by atoms with van der Waals surface area (Å²) >= 11 is 1.27. The molecule has 1 aromatic heterocycles. The predicted molar refractivity (Wildman–Crippen MR) is 144 cm³/mol. The highest BCUT2D eigenvalue weighted by Crippen LogP contribution is 2.26. The standard InChI is InChI=1S/C27H27N5O5S/c1-4-37-24-15-18(5-14-23(24)33)16-28-29-25(34)17-38-27-31-30-26(19-6-10-21(35-2)11-7-19)32(27)20-8-12-22(36-3)13-9-20/h5-16H,4,17H2,1-3H3,(H2,28,29,33,34)/p+1. The average Bonchev–Trinajstić information content (AvgIpc) is 3.37. The fraction of sp³-hybridized carbons (Fsp3) is 0.185. The molecule has 4 aromatic rings. The van der Waals surface area contributed by atoms with Crippen LogP contribution in [0.25, 0.3) is 17.1 Å².